The summed E-state index contributed by atoms with van der Waals surface area (Å²) < 4.78 is 25.2. The van der Waals surface area contributed by atoms with Crippen LogP contribution in [0.1, 0.15) is 23.2 Å². The minimum Gasteiger partial charge on any atom is -0.481 e. The van der Waals surface area contributed by atoms with E-state index in [-0.39, 0.29) is 11.3 Å². The Balaban J connectivity index is 3.37. The van der Waals surface area contributed by atoms with Gasteiger partial charge in [-0.15, -0.1) is 0 Å². The van der Waals surface area contributed by atoms with Crippen LogP contribution in [0.25, 0.3) is 0 Å². The molecule has 1 rings (SSSR count). The van der Waals surface area contributed by atoms with Gasteiger partial charge in [-0.1, -0.05) is 0 Å². The summed E-state index contributed by atoms with van der Waals surface area (Å²) in [6, 6.07) is 0.658. The Labute approximate surface area is 94.1 Å². The van der Waals surface area contributed by atoms with E-state index >= 15 is 0 Å². The minimum absolute atomic E-state index is 0.0343. The van der Waals surface area contributed by atoms with Crippen molar-refractivity contribution in [3.63, 3.8) is 0 Å². The quantitative estimate of drug-likeness (QED) is 0.646. The Hall–Kier alpha value is -2.12. The largest absolute Gasteiger partial charge is 0.481 e. The summed E-state index contributed by atoms with van der Waals surface area (Å²) in [4.78, 5) is 23.5. The van der Waals surface area contributed by atoms with E-state index in [2.05, 4.69) is 4.98 Å². The first kappa shape index (κ1) is 12.9. The molecule has 0 saturated heterocycles. The number of pyridine rings is 1. The number of nitro groups is 1. The molecule has 17 heavy (non-hydrogen) atoms. The van der Waals surface area contributed by atoms with Gasteiger partial charge in [0.15, 0.2) is 5.69 Å². The van der Waals surface area contributed by atoms with Gasteiger partial charge in [-0.25, -0.2) is 8.78 Å². The number of aliphatic carboxylic acids is 1. The average Bonchev–Trinajstić information content (AvgIpc) is 2.19. The standard InChI is InChI=1S/C9H8F2N2O4/c1-4-5(9(10)11)2-7(13(16)17)12-6(4)3-8(14)15/h2,9H,3H2,1H3,(H,14,15). The van der Waals surface area contributed by atoms with Crippen LogP contribution in [0.4, 0.5) is 14.6 Å². The molecule has 0 aromatic carbocycles. The summed E-state index contributed by atoms with van der Waals surface area (Å²) in [6.07, 6.45) is -3.54. The van der Waals surface area contributed by atoms with E-state index in [0.29, 0.717) is 6.07 Å². The van der Waals surface area contributed by atoms with Crippen LogP contribution in [-0.2, 0) is 11.2 Å². The lowest BCUT2D eigenvalue weighted by Gasteiger charge is -2.06. The van der Waals surface area contributed by atoms with E-state index in [1.54, 1.807) is 0 Å². The fourth-order valence-electron chi connectivity index (χ4n) is 1.30. The molecule has 8 heteroatoms. The van der Waals surface area contributed by atoms with Crippen LogP contribution in [0, 0.1) is 17.0 Å². The fraction of sp³-hybridized carbons (Fsp3) is 0.333. The number of hydrogen-bond donors (Lipinski definition) is 1. The molecule has 0 spiro atoms. The molecular weight excluding hydrogens is 238 g/mol. The van der Waals surface area contributed by atoms with E-state index in [0.717, 1.165) is 0 Å². The van der Waals surface area contributed by atoms with Crippen LogP contribution in [0.2, 0.25) is 0 Å². The molecule has 0 saturated carbocycles. The molecule has 0 aliphatic heterocycles. The Morgan fingerprint density at radius 2 is 2.24 bits per heavy atom. The number of nitrogens with zero attached hydrogens (tertiary/aromatic N) is 2. The van der Waals surface area contributed by atoms with Gasteiger partial charge in [0.1, 0.15) is 6.42 Å². The second-order valence-electron chi connectivity index (χ2n) is 3.27. The van der Waals surface area contributed by atoms with Gasteiger partial charge in [0, 0.05) is 17.2 Å². The average molecular weight is 246 g/mol. The van der Waals surface area contributed by atoms with E-state index in [4.69, 9.17) is 5.11 Å². The summed E-state index contributed by atoms with van der Waals surface area (Å²) in [5.41, 5.74) is -0.821. The number of alkyl halides is 2. The predicted octanol–water partition coefficient (Wildman–Crippen LogP) is 1.86. The number of hydrogen-bond acceptors (Lipinski definition) is 4. The molecule has 0 amide bonds. The third kappa shape index (κ3) is 2.92. The van der Waals surface area contributed by atoms with Gasteiger partial charge in [0.25, 0.3) is 6.43 Å². The number of halogens is 2. The highest BCUT2D eigenvalue weighted by Crippen LogP contribution is 2.27. The van der Waals surface area contributed by atoms with E-state index < -0.39 is 35.1 Å². The van der Waals surface area contributed by atoms with Gasteiger partial charge in [-0.3, -0.25) is 4.79 Å². The molecule has 6 nitrogen and oxygen atoms in total. The van der Waals surface area contributed by atoms with Gasteiger partial charge in [0.05, 0.1) is 0 Å². The molecule has 1 N–H and O–H groups in total. The molecule has 1 aromatic heterocycles. The van der Waals surface area contributed by atoms with Gasteiger partial charge >= 0.3 is 11.8 Å². The van der Waals surface area contributed by atoms with Crippen molar-refractivity contribution in [1.82, 2.24) is 4.98 Å². The zero-order valence-electron chi connectivity index (χ0n) is 8.68. The van der Waals surface area contributed by atoms with Crippen molar-refractivity contribution in [2.45, 2.75) is 19.8 Å². The molecule has 0 fully saturated rings. The summed E-state index contributed by atoms with van der Waals surface area (Å²) in [5, 5.41) is 19.0. The van der Waals surface area contributed by atoms with Crippen LogP contribution >= 0.6 is 0 Å². The van der Waals surface area contributed by atoms with Crippen molar-refractivity contribution >= 4 is 11.8 Å². The maximum atomic E-state index is 12.6. The van der Waals surface area contributed by atoms with Crippen molar-refractivity contribution in [3.8, 4) is 0 Å². The lowest BCUT2D eigenvalue weighted by Crippen LogP contribution is -2.09. The van der Waals surface area contributed by atoms with Crippen LogP contribution in [0.3, 0.4) is 0 Å². The van der Waals surface area contributed by atoms with Crippen molar-refractivity contribution in [2.24, 2.45) is 0 Å². The lowest BCUT2D eigenvalue weighted by molar-refractivity contribution is -0.389. The van der Waals surface area contributed by atoms with E-state index in [1.807, 2.05) is 0 Å². The summed E-state index contributed by atoms with van der Waals surface area (Å²) in [7, 11) is 0. The van der Waals surface area contributed by atoms with Crippen LogP contribution in [0.5, 0.6) is 0 Å². The lowest BCUT2D eigenvalue weighted by atomic mass is 10.1. The minimum atomic E-state index is -2.91. The Bertz CT molecular complexity index is 476. The summed E-state index contributed by atoms with van der Waals surface area (Å²) in [5.74, 6) is -2.07. The second-order valence-corrected chi connectivity index (χ2v) is 3.27. The number of carboxylic acid groups (broad SMARTS) is 1. The van der Waals surface area contributed by atoms with Crippen molar-refractivity contribution in [2.75, 3.05) is 0 Å². The van der Waals surface area contributed by atoms with E-state index in [1.165, 1.54) is 6.92 Å². The second kappa shape index (κ2) is 4.81. The smallest absolute Gasteiger partial charge is 0.364 e. The topological polar surface area (TPSA) is 93.3 Å². The first-order valence-corrected chi connectivity index (χ1v) is 4.47. The van der Waals surface area contributed by atoms with Crippen LogP contribution in [0.15, 0.2) is 6.07 Å². The monoisotopic (exact) mass is 246 g/mol. The Kier molecular flexibility index (Phi) is 3.66. The maximum absolute atomic E-state index is 12.6. The highest BCUT2D eigenvalue weighted by atomic mass is 19.3. The summed E-state index contributed by atoms with van der Waals surface area (Å²) in [6.45, 7) is 1.26. The normalized spacial score (nSPS) is 10.6. The first-order valence-electron chi connectivity index (χ1n) is 4.47. The predicted molar refractivity (Wildman–Crippen MR) is 51.9 cm³/mol. The molecular formula is C9H8F2N2O4. The molecule has 0 aliphatic carbocycles. The molecule has 0 bridgehead atoms. The third-order valence-corrected chi connectivity index (χ3v) is 2.14. The highest BCUT2D eigenvalue weighted by molar-refractivity contribution is 5.70. The number of rotatable bonds is 4. The number of carbonyl (C=O) groups is 1. The number of aromatic nitrogens is 1. The van der Waals surface area contributed by atoms with Crippen molar-refractivity contribution in [1.29, 1.82) is 0 Å². The number of carboxylic acids is 1. The molecule has 92 valence electrons. The first-order chi connectivity index (χ1) is 7.82. The zero-order valence-corrected chi connectivity index (χ0v) is 8.68. The van der Waals surface area contributed by atoms with Crippen molar-refractivity contribution < 1.29 is 23.6 Å². The van der Waals surface area contributed by atoms with Crippen LogP contribution < -0.4 is 0 Å². The molecule has 0 unspecified atom stereocenters. The highest BCUT2D eigenvalue weighted by Gasteiger charge is 2.24. The van der Waals surface area contributed by atoms with Gasteiger partial charge < -0.3 is 15.2 Å². The molecule has 0 radical (unpaired) electrons. The van der Waals surface area contributed by atoms with Gasteiger partial charge in [0.2, 0.25) is 0 Å². The third-order valence-electron chi connectivity index (χ3n) is 2.14. The van der Waals surface area contributed by atoms with Crippen LogP contribution in [-0.4, -0.2) is 21.0 Å². The molecule has 0 aliphatic rings. The SMILES string of the molecule is Cc1c(C(F)F)cc([N+](=O)[O-])nc1CC(=O)O. The van der Waals surface area contributed by atoms with E-state index in [9.17, 15) is 23.7 Å². The molecule has 1 heterocycles. The maximum Gasteiger partial charge on any atom is 0.364 e. The molecule has 0 atom stereocenters. The summed E-state index contributed by atoms with van der Waals surface area (Å²) >= 11 is 0. The van der Waals surface area contributed by atoms with Gasteiger partial charge in [-0.2, -0.15) is 0 Å². The zero-order chi connectivity index (χ0) is 13.2. The van der Waals surface area contributed by atoms with Gasteiger partial charge in [-0.05, 0) is 16.8 Å². The van der Waals surface area contributed by atoms with Crippen molar-refractivity contribution in [3.05, 3.63) is 33.0 Å². The fourth-order valence-corrected chi connectivity index (χ4v) is 1.30. The Morgan fingerprint density at radius 3 is 2.65 bits per heavy atom. The molecule has 1 aromatic rings. The Morgan fingerprint density at radius 1 is 1.65 bits per heavy atom.